The highest BCUT2D eigenvalue weighted by Gasteiger charge is 2.09. The van der Waals surface area contributed by atoms with Gasteiger partial charge in [-0.1, -0.05) is 15.9 Å². The van der Waals surface area contributed by atoms with E-state index in [2.05, 4.69) is 15.9 Å². The number of ether oxygens (including phenoxy) is 1. The minimum Gasteiger partial charge on any atom is -0.447 e. The maximum atomic E-state index is 11.0. The van der Waals surface area contributed by atoms with Crippen LogP contribution in [0.4, 0.5) is 4.79 Å². The summed E-state index contributed by atoms with van der Waals surface area (Å²) < 4.78 is 4.93. The molecule has 1 amide bonds. The van der Waals surface area contributed by atoms with Gasteiger partial charge in [0.1, 0.15) is 0 Å². The molecule has 0 aromatic carbocycles. The lowest BCUT2D eigenvalue weighted by Crippen LogP contribution is -2.30. The Labute approximate surface area is 75.8 Å². The summed E-state index contributed by atoms with van der Waals surface area (Å²) in [4.78, 5) is 12.6. The van der Waals surface area contributed by atoms with Crippen LogP contribution >= 0.6 is 15.9 Å². The van der Waals surface area contributed by atoms with Crippen molar-refractivity contribution in [2.24, 2.45) is 0 Å². The zero-order valence-electron chi connectivity index (χ0n) is 7.13. The molecule has 0 saturated heterocycles. The fourth-order valence-corrected chi connectivity index (χ4v) is 1.04. The zero-order valence-corrected chi connectivity index (χ0v) is 8.72. The highest BCUT2D eigenvalue weighted by atomic mass is 79.9. The van der Waals surface area contributed by atoms with Crippen LogP contribution in [0.15, 0.2) is 0 Å². The molecule has 0 bridgehead atoms. The van der Waals surface area contributed by atoms with Crippen LogP contribution in [0.25, 0.3) is 0 Å². The molecule has 0 aliphatic heterocycles. The SMILES string of the molecule is CC(C)OC(=O)N(C)CCBr. The monoisotopic (exact) mass is 223 g/mol. The predicted molar refractivity (Wildman–Crippen MR) is 48.0 cm³/mol. The highest BCUT2D eigenvalue weighted by Crippen LogP contribution is 1.96. The minimum absolute atomic E-state index is 0.0414. The molecule has 0 atom stereocenters. The van der Waals surface area contributed by atoms with Gasteiger partial charge < -0.3 is 9.64 Å². The van der Waals surface area contributed by atoms with Gasteiger partial charge in [-0.25, -0.2) is 4.79 Å². The van der Waals surface area contributed by atoms with E-state index in [4.69, 9.17) is 4.74 Å². The van der Waals surface area contributed by atoms with Crippen molar-refractivity contribution < 1.29 is 9.53 Å². The Morgan fingerprint density at radius 2 is 2.18 bits per heavy atom. The molecular formula is C7H14BrNO2. The molecule has 11 heavy (non-hydrogen) atoms. The maximum absolute atomic E-state index is 11.0. The molecule has 0 spiro atoms. The third-order valence-corrected chi connectivity index (χ3v) is 1.42. The average molecular weight is 224 g/mol. The van der Waals surface area contributed by atoms with E-state index >= 15 is 0 Å². The van der Waals surface area contributed by atoms with Crippen LogP contribution in [0.3, 0.4) is 0 Å². The fraction of sp³-hybridized carbons (Fsp3) is 0.857. The second-order valence-corrected chi connectivity index (χ2v) is 3.34. The van der Waals surface area contributed by atoms with E-state index in [0.29, 0.717) is 6.54 Å². The molecule has 3 nitrogen and oxygen atoms in total. The van der Waals surface area contributed by atoms with Crippen molar-refractivity contribution in [2.45, 2.75) is 20.0 Å². The Bertz CT molecular complexity index is 128. The molecule has 0 radical (unpaired) electrons. The molecule has 0 aliphatic carbocycles. The van der Waals surface area contributed by atoms with E-state index < -0.39 is 0 Å². The first kappa shape index (κ1) is 10.8. The summed E-state index contributed by atoms with van der Waals surface area (Å²) in [6.45, 7) is 4.34. The molecular weight excluding hydrogens is 210 g/mol. The Hall–Kier alpha value is -0.250. The van der Waals surface area contributed by atoms with Crippen LogP contribution in [0.5, 0.6) is 0 Å². The molecule has 0 aliphatic rings. The largest absolute Gasteiger partial charge is 0.447 e. The van der Waals surface area contributed by atoms with E-state index in [1.807, 2.05) is 13.8 Å². The van der Waals surface area contributed by atoms with Crippen molar-refractivity contribution in [3.05, 3.63) is 0 Å². The Kier molecular flexibility index (Phi) is 5.28. The summed E-state index contributed by atoms with van der Waals surface area (Å²) in [6, 6.07) is 0. The number of halogens is 1. The van der Waals surface area contributed by atoms with Gasteiger partial charge in [-0.3, -0.25) is 0 Å². The number of hydrogen-bond acceptors (Lipinski definition) is 2. The average Bonchev–Trinajstić information content (AvgIpc) is 1.86. The summed E-state index contributed by atoms with van der Waals surface area (Å²) in [6.07, 6.45) is -0.306. The lowest BCUT2D eigenvalue weighted by atomic mass is 10.5. The fourth-order valence-electron chi connectivity index (χ4n) is 0.510. The van der Waals surface area contributed by atoms with Crippen molar-refractivity contribution in [3.8, 4) is 0 Å². The van der Waals surface area contributed by atoms with E-state index in [9.17, 15) is 4.79 Å². The van der Waals surface area contributed by atoms with Gasteiger partial charge in [0.15, 0.2) is 0 Å². The van der Waals surface area contributed by atoms with E-state index in [0.717, 1.165) is 5.33 Å². The van der Waals surface area contributed by atoms with Crippen LogP contribution in [-0.2, 0) is 4.74 Å². The number of rotatable bonds is 3. The van der Waals surface area contributed by atoms with Crippen molar-refractivity contribution in [3.63, 3.8) is 0 Å². The first-order valence-corrected chi connectivity index (χ1v) is 4.67. The summed E-state index contributed by atoms with van der Waals surface area (Å²) in [5, 5.41) is 0.774. The number of alkyl halides is 1. The van der Waals surface area contributed by atoms with Gasteiger partial charge >= 0.3 is 6.09 Å². The summed E-state index contributed by atoms with van der Waals surface area (Å²) in [5.41, 5.74) is 0. The third kappa shape index (κ3) is 5.07. The van der Waals surface area contributed by atoms with E-state index in [1.165, 1.54) is 4.90 Å². The number of hydrogen-bond donors (Lipinski definition) is 0. The van der Waals surface area contributed by atoms with Crippen molar-refractivity contribution in [1.29, 1.82) is 0 Å². The van der Waals surface area contributed by atoms with Gasteiger partial charge in [0.05, 0.1) is 6.10 Å². The second kappa shape index (κ2) is 5.41. The van der Waals surface area contributed by atoms with Crippen LogP contribution in [0.1, 0.15) is 13.8 Å². The van der Waals surface area contributed by atoms with Gasteiger partial charge in [-0.2, -0.15) is 0 Å². The van der Waals surface area contributed by atoms with Gasteiger partial charge in [0.25, 0.3) is 0 Å². The molecule has 0 aromatic heterocycles. The minimum atomic E-state index is -0.264. The van der Waals surface area contributed by atoms with Crippen LogP contribution in [-0.4, -0.2) is 36.0 Å². The molecule has 0 heterocycles. The predicted octanol–water partition coefficient (Wildman–Crippen LogP) is 1.86. The van der Waals surface area contributed by atoms with Crippen molar-refractivity contribution >= 4 is 22.0 Å². The zero-order chi connectivity index (χ0) is 8.85. The molecule has 0 rings (SSSR count). The summed E-state index contributed by atoms with van der Waals surface area (Å²) in [7, 11) is 1.71. The van der Waals surface area contributed by atoms with Crippen LogP contribution in [0, 0.1) is 0 Å². The molecule has 0 aromatic rings. The van der Waals surface area contributed by atoms with Crippen molar-refractivity contribution in [1.82, 2.24) is 4.90 Å². The molecule has 0 unspecified atom stereocenters. The standard InChI is InChI=1S/C7H14BrNO2/c1-6(2)11-7(10)9(3)5-4-8/h6H,4-5H2,1-3H3. The third-order valence-electron chi connectivity index (χ3n) is 1.07. The smallest absolute Gasteiger partial charge is 0.409 e. The van der Waals surface area contributed by atoms with E-state index in [1.54, 1.807) is 7.05 Å². The molecule has 66 valence electrons. The van der Waals surface area contributed by atoms with Gasteiger partial charge in [0.2, 0.25) is 0 Å². The van der Waals surface area contributed by atoms with Gasteiger partial charge in [0, 0.05) is 18.9 Å². The lowest BCUT2D eigenvalue weighted by molar-refractivity contribution is 0.0858. The Morgan fingerprint density at radius 1 is 1.64 bits per heavy atom. The van der Waals surface area contributed by atoms with Gasteiger partial charge in [-0.05, 0) is 13.8 Å². The quantitative estimate of drug-likeness (QED) is 0.684. The normalized spacial score (nSPS) is 9.91. The first-order valence-electron chi connectivity index (χ1n) is 3.55. The Morgan fingerprint density at radius 3 is 2.55 bits per heavy atom. The molecule has 0 N–H and O–H groups in total. The summed E-state index contributed by atoms with van der Waals surface area (Å²) in [5.74, 6) is 0. The van der Waals surface area contributed by atoms with Crippen LogP contribution in [0.2, 0.25) is 0 Å². The van der Waals surface area contributed by atoms with E-state index in [-0.39, 0.29) is 12.2 Å². The second-order valence-electron chi connectivity index (χ2n) is 2.54. The maximum Gasteiger partial charge on any atom is 0.409 e. The topological polar surface area (TPSA) is 29.5 Å². The lowest BCUT2D eigenvalue weighted by Gasteiger charge is -2.17. The van der Waals surface area contributed by atoms with Crippen LogP contribution < -0.4 is 0 Å². The van der Waals surface area contributed by atoms with Gasteiger partial charge in [-0.15, -0.1) is 0 Å². The number of amides is 1. The first-order chi connectivity index (χ1) is 5.07. The number of carbonyl (C=O) groups is 1. The summed E-state index contributed by atoms with van der Waals surface area (Å²) >= 11 is 3.24. The Balaban J connectivity index is 3.64. The number of carbonyl (C=O) groups excluding carboxylic acids is 1. The molecule has 0 fully saturated rings. The molecule has 4 heteroatoms. The van der Waals surface area contributed by atoms with Crippen molar-refractivity contribution in [2.75, 3.05) is 18.9 Å². The highest BCUT2D eigenvalue weighted by molar-refractivity contribution is 9.09. The molecule has 0 saturated carbocycles. The number of nitrogens with zero attached hydrogens (tertiary/aromatic N) is 1.